The van der Waals surface area contributed by atoms with Gasteiger partial charge in [0.05, 0.1) is 11.1 Å². The second kappa shape index (κ2) is 9.77. The van der Waals surface area contributed by atoms with Crippen LogP contribution in [0.5, 0.6) is 0 Å². The molecule has 1 aliphatic rings. The van der Waals surface area contributed by atoms with Crippen LogP contribution in [-0.2, 0) is 9.66 Å². The SMILES string of the molecule is CN.Cc1ccc2c3c(cccc13)C(=O)OC2=O.[I][V]([I])[I]. The Morgan fingerprint density at radius 1 is 0.955 bits per heavy atom. The van der Waals surface area contributed by atoms with E-state index >= 15 is 0 Å². The third-order valence-electron chi connectivity index (χ3n) is 2.88. The van der Waals surface area contributed by atoms with Gasteiger partial charge in [-0.15, -0.1) is 0 Å². The molecule has 0 spiro atoms. The monoisotopic (exact) mass is 675 g/mol. The Morgan fingerprint density at radius 3 is 2.00 bits per heavy atom. The summed E-state index contributed by atoms with van der Waals surface area (Å²) in [5.41, 5.74) is 6.48. The van der Waals surface area contributed by atoms with Crippen LogP contribution in [-0.4, -0.2) is 19.0 Å². The summed E-state index contributed by atoms with van der Waals surface area (Å²) < 4.78 is 4.66. The molecule has 0 aromatic heterocycles. The molecule has 0 radical (unpaired) electrons. The molecule has 2 aromatic rings. The number of benzene rings is 2. The number of hydrogen-bond donors (Lipinski definition) is 1. The van der Waals surface area contributed by atoms with E-state index in [1.807, 2.05) is 19.1 Å². The van der Waals surface area contributed by atoms with Crippen LogP contribution in [0.4, 0.5) is 0 Å². The number of aryl methyl sites for hydroxylation is 1. The molecule has 3 rings (SSSR count). The zero-order valence-electron chi connectivity index (χ0n) is 11.8. The molecule has 0 aliphatic carbocycles. The van der Waals surface area contributed by atoms with Gasteiger partial charge in [0.15, 0.2) is 0 Å². The Kier molecular flexibility index (Phi) is 9.16. The quantitative estimate of drug-likeness (QED) is 0.250. The first-order valence-electron chi connectivity index (χ1n) is 6.06. The summed E-state index contributed by atoms with van der Waals surface area (Å²) in [6, 6.07) is 8.95. The summed E-state index contributed by atoms with van der Waals surface area (Å²) in [5, 5.41) is 1.64. The van der Waals surface area contributed by atoms with Crippen molar-refractivity contribution in [2.75, 3.05) is 7.05 Å². The summed E-state index contributed by atoms with van der Waals surface area (Å²) in [7, 11) is 1.50. The number of halogens is 3. The van der Waals surface area contributed by atoms with Gasteiger partial charge in [0.2, 0.25) is 0 Å². The fourth-order valence-electron chi connectivity index (χ4n) is 2.09. The zero-order valence-corrected chi connectivity index (χ0v) is 19.6. The normalized spacial score (nSPS) is 12.1. The van der Waals surface area contributed by atoms with Gasteiger partial charge in [0.25, 0.3) is 0 Å². The van der Waals surface area contributed by atoms with Gasteiger partial charge in [-0.1, -0.05) is 18.2 Å². The molecular formula is C14H13I3NO3V. The first kappa shape index (κ1) is 20.6. The van der Waals surface area contributed by atoms with E-state index in [1.54, 1.807) is 18.2 Å². The zero-order chi connectivity index (χ0) is 16.9. The van der Waals surface area contributed by atoms with E-state index in [9.17, 15) is 9.59 Å². The van der Waals surface area contributed by atoms with E-state index in [0.717, 1.165) is 10.9 Å². The van der Waals surface area contributed by atoms with E-state index < -0.39 is 11.9 Å². The van der Waals surface area contributed by atoms with Gasteiger partial charge >= 0.3 is 76.8 Å². The number of hydrogen-bond acceptors (Lipinski definition) is 4. The maximum absolute atomic E-state index is 11.6. The van der Waals surface area contributed by atoms with E-state index in [2.05, 4.69) is 70.4 Å². The standard InChI is InChI=1S/C13H8O3.CH5N.3HI.V/c1-7-5-6-10-11-8(7)3-2-4-9(11)12(14)16-13(10)15;1-2;;;;/h2-6H,1H3;2H2,1H3;3*1H;/q;;;;;+3/p-3. The van der Waals surface area contributed by atoms with E-state index in [-0.39, 0.29) is 4.92 Å². The molecule has 0 amide bonds. The molecule has 0 fully saturated rings. The Bertz CT molecular complexity index is 684. The van der Waals surface area contributed by atoms with Crippen molar-refractivity contribution >= 4 is 82.6 Å². The number of nitrogens with two attached hydrogens (primary N) is 1. The fraction of sp³-hybridized carbons (Fsp3) is 0.143. The van der Waals surface area contributed by atoms with E-state index in [0.29, 0.717) is 16.5 Å². The number of carbonyl (C=O) groups is 2. The third kappa shape index (κ3) is 5.03. The van der Waals surface area contributed by atoms with Crippen molar-refractivity contribution in [2.24, 2.45) is 5.73 Å². The average Bonchev–Trinajstić information content (AvgIpc) is 2.47. The minimum atomic E-state index is -0.561. The van der Waals surface area contributed by atoms with Crippen molar-refractivity contribution in [1.82, 2.24) is 0 Å². The van der Waals surface area contributed by atoms with Gasteiger partial charge in [-0.05, 0) is 37.1 Å². The van der Waals surface area contributed by atoms with Gasteiger partial charge in [0, 0.05) is 5.39 Å². The number of ether oxygens (including phenoxy) is 1. The van der Waals surface area contributed by atoms with Crippen molar-refractivity contribution in [2.45, 2.75) is 6.92 Å². The Morgan fingerprint density at radius 2 is 1.45 bits per heavy atom. The van der Waals surface area contributed by atoms with E-state index in [1.165, 1.54) is 7.05 Å². The van der Waals surface area contributed by atoms with Crippen LogP contribution in [0.25, 0.3) is 10.8 Å². The molecule has 0 bridgehead atoms. The first-order chi connectivity index (χ1) is 10.4. The number of esters is 2. The number of carbonyl (C=O) groups excluding carboxylic acids is 2. The number of rotatable bonds is 0. The van der Waals surface area contributed by atoms with Crippen LogP contribution >= 0.6 is 59.9 Å². The van der Waals surface area contributed by atoms with Gasteiger partial charge < -0.3 is 10.5 Å². The molecule has 0 saturated carbocycles. The van der Waals surface area contributed by atoms with Crippen LogP contribution in [0.15, 0.2) is 30.3 Å². The Balaban J connectivity index is 0.000000354. The molecule has 22 heavy (non-hydrogen) atoms. The second-order valence-corrected chi connectivity index (χ2v) is 39.4. The summed E-state index contributed by atoms with van der Waals surface area (Å²) in [6.45, 7) is 1.95. The van der Waals surface area contributed by atoms with Gasteiger partial charge in [-0.3, -0.25) is 0 Å². The topological polar surface area (TPSA) is 69.4 Å². The molecule has 0 atom stereocenters. The van der Waals surface area contributed by atoms with Crippen molar-refractivity contribution < 1.29 is 19.2 Å². The molecule has 0 saturated heterocycles. The summed E-state index contributed by atoms with van der Waals surface area (Å²) in [5.74, 6) is -1.12. The predicted molar refractivity (Wildman–Crippen MR) is 111 cm³/mol. The van der Waals surface area contributed by atoms with Crippen LogP contribution < -0.4 is 5.73 Å². The van der Waals surface area contributed by atoms with Crippen molar-refractivity contribution in [3.8, 4) is 0 Å². The van der Waals surface area contributed by atoms with Crippen molar-refractivity contribution in [1.29, 1.82) is 0 Å². The summed E-state index contributed by atoms with van der Waals surface area (Å²) >= 11 is 7.39. The van der Waals surface area contributed by atoms with Crippen LogP contribution in [0, 0.1) is 6.92 Å². The first-order valence-corrected chi connectivity index (χ1v) is 19.6. The maximum atomic E-state index is 11.6. The molecule has 4 nitrogen and oxygen atoms in total. The summed E-state index contributed by atoms with van der Waals surface area (Å²) in [4.78, 5) is 22.8. The summed E-state index contributed by atoms with van der Waals surface area (Å²) in [6.07, 6.45) is 0. The van der Waals surface area contributed by atoms with Crippen LogP contribution in [0.3, 0.4) is 0 Å². The minimum absolute atomic E-state index is 0.278. The average molecular weight is 675 g/mol. The van der Waals surface area contributed by atoms with Crippen molar-refractivity contribution in [3.63, 3.8) is 0 Å². The molecule has 1 aliphatic heterocycles. The molecule has 2 N–H and O–H groups in total. The third-order valence-corrected chi connectivity index (χ3v) is 2.88. The molecule has 1 heterocycles. The van der Waals surface area contributed by atoms with Gasteiger partial charge in [-0.2, -0.15) is 0 Å². The second-order valence-electron chi connectivity index (χ2n) is 4.03. The Hall–Kier alpha value is 0.574. The van der Waals surface area contributed by atoms with Crippen molar-refractivity contribution in [3.05, 3.63) is 47.0 Å². The molecular weight excluding hydrogens is 662 g/mol. The van der Waals surface area contributed by atoms with Crippen LogP contribution in [0.1, 0.15) is 26.3 Å². The predicted octanol–water partition coefficient (Wildman–Crippen LogP) is 4.69. The number of cyclic esters (lactones) is 2. The van der Waals surface area contributed by atoms with Crippen LogP contribution in [0.2, 0.25) is 0 Å². The Labute approximate surface area is 166 Å². The van der Waals surface area contributed by atoms with Gasteiger partial charge in [-0.25, -0.2) is 9.59 Å². The molecule has 0 unspecified atom stereocenters. The fourth-order valence-corrected chi connectivity index (χ4v) is 2.09. The van der Waals surface area contributed by atoms with Gasteiger partial charge in [0.1, 0.15) is 0 Å². The van der Waals surface area contributed by atoms with E-state index in [4.69, 9.17) is 0 Å². The molecule has 118 valence electrons. The molecule has 2 aromatic carbocycles. The molecule has 8 heteroatoms.